The number of benzene rings is 3. The van der Waals surface area contributed by atoms with Gasteiger partial charge in [0.2, 0.25) is 0 Å². The molecular formula is C23H17BrN2O3. The Kier molecular flexibility index (Phi) is 5.27. The van der Waals surface area contributed by atoms with Crippen molar-refractivity contribution >= 4 is 32.5 Å². The Balaban J connectivity index is 1.82. The Bertz CT molecular complexity index is 1250. The van der Waals surface area contributed by atoms with E-state index in [0.29, 0.717) is 16.6 Å². The average Bonchev–Trinajstić information content (AvgIpc) is 2.76. The quantitative estimate of drug-likeness (QED) is 0.414. The molecule has 0 aliphatic carbocycles. The van der Waals surface area contributed by atoms with Crippen molar-refractivity contribution in [3.8, 4) is 17.0 Å². The van der Waals surface area contributed by atoms with Crippen LogP contribution in [0.2, 0.25) is 0 Å². The summed E-state index contributed by atoms with van der Waals surface area (Å²) in [6.07, 6.45) is 0. The van der Waals surface area contributed by atoms with Gasteiger partial charge >= 0.3 is 0 Å². The summed E-state index contributed by atoms with van der Waals surface area (Å²) in [6, 6.07) is 21.8. The molecule has 5 nitrogen and oxygen atoms in total. The molecule has 29 heavy (non-hydrogen) atoms. The summed E-state index contributed by atoms with van der Waals surface area (Å²) in [5.74, 6) is 0.555. The Morgan fingerprint density at radius 3 is 2.28 bits per heavy atom. The van der Waals surface area contributed by atoms with Gasteiger partial charge in [-0.15, -0.1) is 0 Å². The van der Waals surface area contributed by atoms with E-state index in [4.69, 9.17) is 4.74 Å². The van der Waals surface area contributed by atoms with Gasteiger partial charge in [-0.2, -0.15) is 5.10 Å². The second kappa shape index (κ2) is 8.01. The number of hydrogen-bond donors (Lipinski definition) is 0. The number of ketones is 1. The van der Waals surface area contributed by atoms with Crippen LogP contribution in [0.5, 0.6) is 5.75 Å². The Hall–Kier alpha value is -3.25. The number of carbonyl (C=O) groups is 1. The van der Waals surface area contributed by atoms with Crippen molar-refractivity contribution < 1.29 is 9.53 Å². The van der Waals surface area contributed by atoms with Crippen LogP contribution in [0.3, 0.4) is 0 Å². The molecule has 1 heterocycles. The van der Waals surface area contributed by atoms with Crippen LogP contribution >= 0.6 is 15.9 Å². The molecule has 4 rings (SSSR count). The Morgan fingerprint density at radius 2 is 1.62 bits per heavy atom. The van der Waals surface area contributed by atoms with Gasteiger partial charge in [0.1, 0.15) is 12.3 Å². The molecule has 3 aromatic carbocycles. The fraction of sp³-hybridized carbons (Fsp3) is 0.0870. The first-order valence-electron chi connectivity index (χ1n) is 9.00. The van der Waals surface area contributed by atoms with E-state index in [0.717, 1.165) is 21.2 Å². The molecule has 0 atom stereocenters. The van der Waals surface area contributed by atoms with Crippen molar-refractivity contribution in [2.24, 2.45) is 0 Å². The number of carbonyl (C=O) groups excluding carboxylic acids is 1. The lowest BCUT2D eigenvalue weighted by molar-refractivity contribution is 0.0966. The third-order valence-corrected chi connectivity index (χ3v) is 5.22. The van der Waals surface area contributed by atoms with Gasteiger partial charge in [-0.25, -0.2) is 4.68 Å². The summed E-state index contributed by atoms with van der Waals surface area (Å²) in [7, 11) is 1.61. The van der Waals surface area contributed by atoms with Crippen molar-refractivity contribution in [3.63, 3.8) is 0 Å². The normalized spacial score (nSPS) is 10.8. The number of Topliss-reactive ketones (excluding diaryl/α,β-unsaturated/α-hetero) is 1. The molecule has 0 amide bonds. The Labute approximate surface area is 175 Å². The molecule has 0 aliphatic heterocycles. The van der Waals surface area contributed by atoms with Crippen LogP contribution in [-0.2, 0) is 6.54 Å². The van der Waals surface area contributed by atoms with Crippen molar-refractivity contribution in [1.82, 2.24) is 9.78 Å². The van der Waals surface area contributed by atoms with Gasteiger partial charge in [0, 0.05) is 21.0 Å². The Morgan fingerprint density at radius 1 is 0.966 bits per heavy atom. The second-order valence-corrected chi connectivity index (χ2v) is 7.43. The predicted octanol–water partition coefficient (Wildman–Crippen LogP) is 4.72. The van der Waals surface area contributed by atoms with Gasteiger partial charge in [0.15, 0.2) is 5.78 Å². The molecule has 0 fully saturated rings. The van der Waals surface area contributed by atoms with Gasteiger partial charge in [-0.1, -0.05) is 46.3 Å². The van der Waals surface area contributed by atoms with Crippen LogP contribution in [-0.4, -0.2) is 22.7 Å². The molecule has 0 spiro atoms. The largest absolute Gasteiger partial charge is 0.497 e. The number of methoxy groups -OCH3 is 1. The molecule has 1 aromatic heterocycles. The minimum Gasteiger partial charge on any atom is -0.497 e. The molecule has 144 valence electrons. The van der Waals surface area contributed by atoms with Crippen LogP contribution in [0.1, 0.15) is 10.4 Å². The molecule has 0 saturated carbocycles. The molecule has 0 unspecified atom stereocenters. The van der Waals surface area contributed by atoms with E-state index in [2.05, 4.69) is 21.0 Å². The van der Waals surface area contributed by atoms with E-state index in [1.54, 1.807) is 37.4 Å². The minimum atomic E-state index is -0.289. The summed E-state index contributed by atoms with van der Waals surface area (Å²) in [6.45, 7) is -0.131. The lowest BCUT2D eigenvalue weighted by Crippen LogP contribution is -2.27. The highest BCUT2D eigenvalue weighted by atomic mass is 79.9. The zero-order valence-electron chi connectivity index (χ0n) is 15.6. The smallest absolute Gasteiger partial charge is 0.275 e. The molecule has 4 aromatic rings. The van der Waals surface area contributed by atoms with Gasteiger partial charge in [0.25, 0.3) is 5.56 Å². The maximum absolute atomic E-state index is 13.0. The van der Waals surface area contributed by atoms with Crippen LogP contribution in [0, 0.1) is 0 Å². The van der Waals surface area contributed by atoms with Crippen molar-refractivity contribution in [3.05, 3.63) is 93.2 Å². The monoisotopic (exact) mass is 448 g/mol. The zero-order chi connectivity index (χ0) is 20.4. The first-order valence-corrected chi connectivity index (χ1v) is 9.79. The van der Waals surface area contributed by atoms with Crippen LogP contribution < -0.4 is 10.3 Å². The average molecular weight is 449 g/mol. The number of ether oxygens (including phenoxy) is 1. The SMILES string of the molecule is COc1ccc(-c2nn(CC(=O)c3ccc(Br)cc3)c(=O)c3ccccc23)cc1. The predicted molar refractivity (Wildman–Crippen MR) is 116 cm³/mol. The number of rotatable bonds is 5. The van der Waals surface area contributed by atoms with Crippen molar-refractivity contribution in [2.45, 2.75) is 6.54 Å². The van der Waals surface area contributed by atoms with Gasteiger partial charge in [-0.3, -0.25) is 9.59 Å². The van der Waals surface area contributed by atoms with E-state index in [-0.39, 0.29) is 17.9 Å². The van der Waals surface area contributed by atoms with E-state index >= 15 is 0 Å². The maximum atomic E-state index is 13.0. The van der Waals surface area contributed by atoms with Crippen molar-refractivity contribution in [2.75, 3.05) is 7.11 Å². The van der Waals surface area contributed by atoms with Crippen molar-refractivity contribution in [1.29, 1.82) is 0 Å². The van der Waals surface area contributed by atoms with Crippen LogP contribution in [0.15, 0.2) is 82.1 Å². The highest BCUT2D eigenvalue weighted by Crippen LogP contribution is 2.26. The highest BCUT2D eigenvalue weighted by molar-refractivity contribution is 9.10. The van der Waals surface area contributed by atoms with Crippen LogP contribution in [0.4, 0.5) is 0 Å². The number of aromatic nitrogens is 2. The fourth-order valence-corrected chi connectivity index (χ4v) is 3.43. The van der Waals surface area contributed by atoms with E-state index in [1.165, 1.54) is 4.68 Å². The summed E-state index contributed by atoms with van der Waals surface area (Å²) in [5.41, 5.74) is 1.72. The molecule has 6 heteroatoms. The summed E-state index contributed by atoms with van der Waals surface area (Å²) in [5, 5.41) is 5.81. The number of nitrogens with zero attached hydrogens (tertiary/aromatic N) is 2. The summed E-state index contributed by atoms with van der Waals surface area (Å²) < 4.78 is 7.35. The zero-order valence-corrected chi connectivity index (χ0v) is 17.2. The second-order valence-electron chi connectivity index (χ2n) is 6.52. The van der Waals surface area contributed by atoms with E-state index in [9.17, 15) is 9.59 Å². The van der Waals surface area contributed by atoms with Gasteiger partial charge in [0.05, 0.1) is 18.2 Å². The van der Waals surface area contributed by atoms with Gasteiger partial charge < -0.3 is 4.74 Å². The maximum Gasteiger partial charge on any atom is 0.275 e. The third-order valence-electron chi connectivity index (χ3n) is 4.69. The molecule has 0 bridgehead atoms. The number of halogens is 1. The summed E-state index contributed by atoms with van der Waals surface area (Å²) in [4.78, 5) is 25.7. The highest BCUT2D eigenvalue weighted by Gasteiger charge is 2.15. The molecule has 0 radical (unpaired) electrons. The third kappa shape index (κ3) is 3.84. The lowest BCUT2D eigenvalue weighted by Gasteiger charge is -2.11. The van der Waals surface area contributed by atoms with Gasteiger partial charge in [-0.05, 0) is 42.5 Å². The molecular weight excluding hydrogens is 432 g/mol. The first kappa shape index (κ1) is 19.1. The van der Waals surface area contributed by atoms with E-state index < -0.39 is 0 Å². The number of hydrogen-bond acceptors (Lipinski definition) is 4. The first-order chi connectivity index (χ1) is 14.1. The summed E-state index contributed by atoms with van der Waals surface area (Å²) >= 11 is 3.36. The van der Waals surface area contributed by atoms with E-state index in [1.807, 2.05) is 42.5 Å². The molecule has 0 aliphatic rings. The molecule has 0 saturated heterocycles. The lowest BCUT2D eigenvalue weighted by atomic mass is 10.0. The molecule has 0 N–H and O–H groups in total. The standard InChI is InChI=1S/C23H17BrN2O3/c1-29-18-12-8-16(9-13-18)22-19-4-2-3-5-20(19)23(28)26(25-22)14-21(27)15-6-10-17(24)11-7-15/h2-13H,14H2,1H3. The number of fused-ring (bicyclic) bond motifs is 1. The van der Waals surface area contributed by atoms with Crippen LogP contribution in [0.25, 0.3) is 22.0 Å². The topological polar surface area (TPSA) is 61.2 Å². The minimum absolute atomic E-state index is 0.131. The fourth-order valence-electron chi connectivity index (χ4n) is 3.17.